The first-order valence-electron chi connectivity index (χ1n) is 5.50. The van der Waals surface area contributed by atoms with E-state index in [-0.39, 0.29) is 24.0 Å². The fourth-order valence-electron chi connectivity index (χ4n) is 3.52. The quantitative estimate of drug-likeness (QED) is 0.564. The molecule has 0 amide bonds. The van der Waals surface area contributed by atoms with Gasteiger partial charge in [0.05, 0.1) is 12.2 Å². The lowest BCUT2D eigenvalue weighted by Gasteiger charge is -2.49. The molecule has 2 nitrogen and oxygen atoms in total. The Morgan fingerprint density at radius 2 is 1.14 bits per heavy atom. The first kappa shape index (κ1) is 8.69. The maximum Gasteiger partial charge on any atom is 0.0759 e. The van der Waals surface area contributed by atoms with Crippen LogP contribution in [0.4, 0.5) is 0 Å². The van der Waals surface area contributed by atoms with E-state index >= 15 is 0 Å². The van der Waals surface area contributed by atoms with Gasteiger partial charge in [-0.25, -0.2) is 0 Å². The Morgan fingerprint density at radius 1 is 0.714 bits per heavy atom. The number of hydrogen-bond acceptors (Lipinski definition) is 2. The molecule has 0 aromatic rings. The molecule has 0 aromatic heterocycles. The van der Waals surface area contributed by atoms with Gasteiger partial charge >= 0.3 is 0 Å². The van der Waals surface area contributed by atoms with Crippen molar-refractivity contribution >= 4 is 0 Å². The highest BCUT2D eigenvalue weighted by Gasteiger charge is 2.47. The summed E-state index contributed by atoms with van der Waals surface area (Å²) in [5, 5.41) is 19.8. The van der Waals surface area contributed by atoms with E-state index in [1.165, 1.54) is 12.8 Å². The van der Waals surface area contributed by atoms with E-state index in [1.54, 1.807) is 12.2 Å². The molecule has 4 aliphatic carbocycles. The molecule has 0 spiro atoms. The van der Waals surface area contributed by atoms with Crippen molar-refractivity contribution in [2.45, 2.75) is 25.0 Å². The van der Waals surface area contributed by atoms with Gasteiger partial charge in [0.2, 0.25) is 0 Å². The van der Waals surface area contributed by atoms with Crippen LogP contribution in [0, 0.1) is 23.7 Å². The van der Waals surface area contributed by atoms with Crippen LogP contribution in [0.5, 0.6) is 0 Å². The van der Waals surface area contributed by atoms with Gasteiger partial charge in [-0.15, -0.1) is 0 Å². The molecule has 0 radical (unpaired) electrons. The third-order valence-electron chi connectivity index (χ3n) is 4.17. The highest BCUT2D eigenvalue weighted by molar-refractivity contribution is 5.19. The van der Waals surface area contributed by atoms with Crippen molar-refractivity contribution in [3.63, 3.8) is 0 Å². The first-order chi connectivity index (χ1) is 6.77. The third kappa shape index (κ3) is 1.04. The van der Waals surface area contributed by atoms with Gasteiger partial charge < -0.3 is 10.2 Å². The van der Waals surface area contributed by atoms with E-state index in [2.05, 4.69) is 12.2 Å². The predicted octanol–water partition coefficient (Wildman–Crippen LogP) is 1.11. The number of rotatable bonds is 0. The van der Waals surface area contributed by atoms with Crippen LogP contribution in [0.25, 0.3) is 0 Å². The molecule has 76 valence electrons. The maximum absolute atomic E-state index is 9.91. The summed E-state index contributed by atoms with van der Waals surface area (Å²) in [6.07, 6.45) is 9.68. The van der Waals surface area contributed by atoms with Gasteiger partial charge in [0, 0.05) is 11.8 Å². The molecular weight excluding hydrogens is 176 g/mol. The number of aliphatic hydroxyl groups excluding tert-OH is 2. The van der Waals surface area contributed by atoms with Gasteiger partial charge in [0.15, 0.2) is 0 Å². The maximum atomic E-state index is 9.91. The van der Waals surface area contributed by atoms with Crippen LogP contribution in [0.2, 0.25) is 0 Å². The summed E-state index contributed by atoms with van der Waals surface area (Å²) in [5.41, 5.74) is 0. The minimum Gasteiger partial charge on any atom is -0.389 e. The second-order valence-corrected chi connectivity index (χ2v) is 4.81. The van der Waals surface area contributed by atoms with Crippen LogP contribution in [-0.2, 0) is 0 Å². The third-order valence-corrected chi connectivity index (χ3v) is 4.17. The molecule has 6 atom stereocenters. The Kier molecular flexibility index (Phi) is 1.83. The highest BCUT2D eigenvalue weighted by atomic mass is 16.3. The van der Waals surface area contributed by atoms with E-state index in [4.69, 9.17) is 0 Å². The van der Waals surface area contributed by atoms with Gasteiger partial charge in [0.1, 0.15) is 0 Å². The minimum absolute atomic E-state index is 0.263. The van der Waals surface area contributed by atoms with E-state index < -0.39 is 0 Å². The van der Waals surface area contributed by atoms with Crippen molar-refractivity contribution in [3.05, 3.63) is 24.3 Å². The zero-order chi connectivity index (χ0) is 9.71. The number of aliphatic hydroxyl groups is 2. The Labute approximate surface area is 83.9 Å². The highest BCUT2D eigenvalue weighted by Crippen LogP contribution is 2.49. The molecular formula is C12H16O2. The largest absolute Gasteiger partial charge is 0.389 e. The smallest absolute Gasteiger partial charge is 0.0759 e. The monoisotopic (exact) mass is 192 g/mol. The van der Waals surface area contributed by atoms with Crippen molar-refractivity contribution < 1.29 is 10.2 Å². The lowest BCUT2D eigenvalue weighted by Crippen LogP contribution is -2.49. The summed E-state index contributed by atoms with van der Waals surface area (Å²) >= 11 is 0. The van der Waals surface area contributed by atoms with Crippen molar-refractivity contribution in [1.82, 2.24) is 0 Å². The second-order valence-electron chi connectivity index (χ2n) is 4.81. The van der Waals surface area contributed by atoms with E-state index in [0.717, 1.165) is 0 Å². The Bertz CT molecular complexity index is 265. The summed E-state index contributed by atoms with van der Waals surface area (Å²) in [7, 11) is 0. The van der Waals surface area contributed by atoms with Crippen LogP contribution in [0.3, 0.4) is 0 Å². The molecule has 0 aliphatic heterocycles. The van der Waals surface area contributed by atoms with E-state index in [0.29, 0.717) is 11.8 Å². The molecule has 2 bridgehead atoms. The van der Waals surface area contributed by atoms with Crippen LogP contribution >= 0.6 is 0 Å². The lowest BCUT2D eigenvalue weighted by molar-refractivity contribution is -0.0382. The van der Waals surface area contributed by atoms with Crippen LogP contribution in [0.15, 0.2) is 24.3 Å². The van der Waals surface area contributed by atoms with Gasteiger partial charge in [-0.05, 0) is 24.7 Å². The second kappa shape index (κ2) is 2.94. The van der Waals surface area contributed by atoms with E-state index in [1.807, 2.05) is 0 Å². The van der Waals surface area contributed by atoms with Crippen LogP contribution in [-0.4, -0.2) is 22.4 Å². The van der Waals surface area contributed by atoms with Crippen LogP contribution < -0.4 is 0 Å². The fraction of sp³-hybridized carbons (Fsp3) is 0.667. The Balaban J connectivity index is 2.00. The molecule has 0 saturated heterocycles. The molecule has 4 aliphatic rings. The normalized spacial score (nSPS) is 54.7. The number of hydrogen-bond donors (Lipinski definition) is 2. The average molecular weight is 192 g/mol. The van der Waals surface area contributed by atoms with E-state index in [9.17, 15) is 10.2 Å². The molecule has 0 unspecified atom stereocenters. The summed E-state index contributed by atoms with van der Waals surface area (Å²) in [5.74, 6) is 1.50. The fourth-order valence-corrected chi connectivity index (χ4v) is 3.52. The molecule has 2 N–H and O–H groups in total. The molecule has 1 fully saturated rings. The van der Waals surface area contributed by atoms with Crippen molar-refractivity contribution in [2.75, 3.05) is 0 Å². The van der Waals surface area contributed by atoms with Gasteiger partial charge in [-0.1, -0.05) is 24.3 Å². The molecule has 0 aromatic carbocycles. The molecule has 0 heterocycles. The standard InChI is InChI=1S/C12H16O2/c13-9-5-6-10(14)12-8-2-1-7(3-4-8)11(9)12/h1-2,5-14H,3-4H2/t7-,8-,9-,10+,11-,12-/m0/s1. The minimum atomic E-state index is -0.346. The van der Waals surface area contributed by atoms with Crippen molar-refractivity contribution in [1.29, 1.82) is 0 Å². The number of fused-ring (bicyclic) bond motifs is 1. The first-order valence-corrected chi connectivity index (χ1v) is 5.50. The summed E-state index contributed by atoms with van der Waals surface area (Å²) in [6, 6.07) is 0. The van der Waals surface area contributed by atoms with Gasteiger partial charge in [-0.2, -0.15) is 0 Å². The lowest BCUT2D eigenvalue weighted by atomic mass is 9.57. The summed E-state index contributed by atoms with van der Waals surface area (Å²) in [4.78, 5) is 0. The number of allylic oxidation sites excluding steroid dienone is 2. The Hall–Kier alpha value is -0.600. The molecule has 4 rings (SSSR count). The predicted molar refractivity (Wildman–Crippen MR) is 53.5 cm³/mol. The SMILES string of the molecule is O[C@@H]1C=C[C@H](O)[C@H]2[C@H]1[C@H]1C=C[C@H]2CC1. The zero-order valence-electron chi connectivity index (χ0n) is 8.08. The topological polar surface area (TPSA) is 40.5 Å². The van der Waals surface area contributed by atoms with Crippen LogP contribution in [0.1, 0.15) is 12.8 Å². The van der Waals surface area contributed by atoms with Crippen molar-refractivity contribution in [3.8, 4) is 0 Å². The summed E-state index contributed by atoms with van der Waals surface area (Å²) in [6.45, 7) is 0. The Morgan fingerprint density at radius 3 is 1.50 bits per heavy atom. The van der Waals surface area contributed by atoms with Crippen molar-refractivity contribution in [2.24, 2.45) is 23.7 Å². The molecule has 1 saturated carbocycles. The molecule has 14 heavy (non-hydrogen) atoms. The molecule has 2 heteroatoms. The zero-order valence-corrected chi connectivity index (χ0v) is 8.08. The average Bonchev–Trinajstić information content (AvgIpc) is 2.25. The van der Waals surface area contributed by atoms with Gasteiger partial charge in [0.25, 0.3) is 0 Å². The van der Waals surface area contributed by atoms with Gasteiger partial charge in [-0.3, -0.25) is 0 Å². The summed E-state index contributed by atoms with van der Waals surface area (Å²) < 4.78 is 0.